The Morgan fingerprint density at radius 3 is 2.40 bits per heavy atom. The SMILES string of the molecule is CCC(=O)/C=C(\[O-])C(=O)O. The van der Waals surface area contributed by atoms with Crippen LogP contribution < -0.4 is 5.11 Å². The minimum absolute atomic E-state index is 0.152. The van der Waals surface area contributed by atoms with E-state index in [9.17, 15) is 14.7 Å². The third-order valence-electron chi connectivity index (χ3n) is 0.851. The average Bonchev–Trinajstić information content (AvgIpc) is 1.87. The highest BCUT2D eigenvalue weighted by molar-refractivity contribution is 5.96. The Kier molecular flexibility index (Phi) is 3.17. The third-order valence-corrected chi connectivity index (χ3v) is 0.851. The second-order valence-corrected chi connectivity index (χ2v) is 1.63. The van der Waals surface area contributed by atoms with E-state index in [-0.39, 0.29) is 6.42 Å². The smallest absolute Gasteiger partial charge is 0.320 e. The maximum absolute atomic E-state index is 10.4. The molecule has 10 heavy (non-hydrogen) atoms. The molecule has 4 heteroatoms. The summed E-state index contributed by atoms with van der Waals surface area (Å²) in [5, 5.41) is 18.2. The largest absolute Gasteiger partial charge is 0.868 e. The molecule has 0 unspecified atom stereocenters. The van der Waals surface area contributed by atoms with E-state index < -0.39 is 17.5 Å². The zero-order chi connectivity index (χ0) is 8.15. The van der Waals surface area contributed by atoms with E-state index >= 15 is 0 Å². The maximum Gasteiger partial charge on any atom is 0.320 e. The highest BCUT2D eigenvalue weighted by atomic mass is 16.4. The first kappa shape index (κ1) is 8.68. The predicted octanol–water partition coefficient (Wildman–Crippen LogP) is -0.706. The molecule has 0 aromatic carbocycles. The van der Waals surface area contributed by atoms with Crippen molar-refractivity contribution < 1.29 is 19.8 Å². The monoisotopic (exact) mass is 143 g/mol. The molecule has 0 radical (unpaired) electrons. The lowest BCUT2D eigenvalue weighted by atomic mass is 10.3. The number of carbonyl (C=O) groups excluding carboxylic acids is 1. The Bertz CT molecular complexity index is 180. The van der Waals surface area contributed by atoms with Crippen molar-refractivity contribution >= 4 is 11.8 Å². The zero-order valence-corrected chi connectivity index (χ0v) is 5.46. The Labute approximate surface area is 57.8 Å². The Morgan fingerprint density at radius 2 is 2.10 bits per heavy atom. The summed E-state index contributed by atoms with van der Waals surface area (Å²) in [4.78, 5) is 20.2. The van der Waals surface area contributed by atoms with E-state index in [1.54, 1.807) is 6.92 Å². The van der Waals surface area contributed by atoms with Gasteiger partial charge < -0.3 is 10.2 Å². The van der Waals surface area contributed by atoms with Gasteiger partial charge in [0.1, 0.15) is 0 Å². The fraction of sp³-hybridized carbons (Fsp3) is 0.333. The number of rotatable bonds is 3. The summed E-state index contributed by atoms with van der Waals surface area (Å²) in [5.74, 6) is -3.22. The molecule has 0 aliphatic carbocycles. The molecule has 0 heterocycles. The molecule has 0 atom stereocenters. The lowest BCUT2D eigenvalue weighted by molar-refractivity contribution is -0.302. The predicted molar refractivity (Wildman–Crippen MR) is 31.0 cm³/mol. The lowest BCUT2D eigenvalue weighted by Gasteiger charge is -2.02. The molecule has 56 valence electrons. The molecule has 0 bridgehead atoms. The topological polar surface area (TPSA) is 77.4 Å². The Balaban J connectivity index is 4.16. The summed E-state index contributed by atoms with van der Waals surface area (Å²) >= 11 is 0. The number of carbonyl (C=O) groups is 2. The minimum Gasteiger partial charge on any atom is -0.868 e. The van der Waals surface area contributed by atoms with Crippen LogP contribution in [0.2, 0.25) is 0 Å². The van der Waals surface area contributed by atoms with Gasteiger partial charge in [-0.15, -0.1) is 0 Å². The molecule has 0 spiro atoms. The Hall–Kier alpha value is -1.32. The summed E-state index contributed by atoms with van der Waals surface area (Å²) in [6.45, 7) is 1.55. The van der Waals surface area contributed by atoms with E-state index in [4.69, 9.17) is 5.11 Å². The van der Waals surface area contributed by atoms with Crippen LogP contribution in [0.4, 0.5) is 0 Å². The molecular formula is C6H7O4-. The van der Waals surface area contributed by atoms with Crippen LogP contribution in [0, 0.1) is 0 Å². The second-order valence-electron chi connectivity index (χ2n) is 1.63. The molecule has 0 aliphatic rings. The fourth-order valence-electron chi connectivity index (χ4n) is 0.310. The van der Waals surface area contributed by atoms with Gasteiger partial charge in [-0.3, -0.25) is 4.79 Å². The number of ketones is 1. The molecule has 0 amide bonds. The Morgan fingerprint density at radius 1 is 1.60 bits per heavy atom. The molecule has 0 aliphatic heterocycles. The van der Waals surface area contributed by atoms with Crippen molar-refractivity contribution in [2.75, 3.05) is 0 Å². The standard InChI is InChI=1S/C6H8O4/c1-2-4(7)3-5(8)6(9)10/h3,8H,2H2,1H3,(H,9,10)/p-1/b5-3-. The number of hydrogen-bond acceptors (Lipinski definition) is 3. The van der Waals surface area contributed by atoms with Crippen molar-refractivity contribution in [2.45, 2.75) is 13.3 Å². The van der Waals surface area contributed by atoms with E-state index in [1.807, 2.05) is 0 Å². The van der Waals surface area contributed by atoms with Gasteiger partial charge in [0.2, 0.25) is 0 Å². The second kappa shape index (κ2) is 3.66. The number of allylic oxidation sites excluding steroid dienone is 1. The summed E-state index contributed by atoms with van der Waals surface area (Å²) in [7, 11) is 0. The summed E-state index contributed by atoms with van der Waals surface area (Å²) in [6, 6.07) is 0. The van der Waals surface area contributed by atoms with Crippen LogP contribution in [0.15, 0.2) is 11.8 Å². The zero-order valence-electron chi connectivity index (χ0n) is 5.46. The molecule has 1 N–H and O–H groups in total. The van der Waals surface area contributed by atoms with Crippen LogP contribution in [0.1, 0.15) is 13.3 Å². The van der Waals surface area contributed by atoms with Crippen LogP contribution in [0.25, 0.3) is 0 Å². The normalized spacial score (nSPS) is 11.1. The summed E-state index contributed by atoms with van der Waals surface area (Å²) in [6.07, 6.45) is 0.737. The first-order valence-electron chi connectivity index (χ1n) is 2.72. The lowest BCUT2D eigenvalue weighted by Crippen LogP contribution is -2.15. The van der Waals surface area contributed by atoms with Gasteiger partial charge in [-0.1, -0.05) is 6.92 Å². The molecule has 4 nitrogen and oxygen atoms in total. The van der Waals surface area contributed by atoms with Gasteiger partial charge >= 0.3 is 5.97 Å². The highest BCUT2D eigenvalue weighted by Crippen LogP contribution is 1.87. The van der Waals surface area contributed by atoms with Gasteiger partial charge in [-0.2, -0.15) is 0 Å². The van der Waals surface area contributed by atoms with Crippen molar-refractivity contribution in [2.24, 2.45) is 0 Å². The van der Waals surface area contributed by atoms with Crippen molar-refractivity contribution in [1.29, 1.82) is 0 Å². The van der Waals surface area contributed by atoms with E-state index in [0.717, 1.165) is 0 Å². The summed E-state index contributed by atoms with van der Waals surface area (Å²) in [5.41, 5.74) is 0. The molecule has 0 saturated carbocycles. The molecule has 0 saturated heterocycles. The van der Waals surface area contributed by atoms with Crippen LogP contribution >= 0.6 is 0 Å². The van der Waals surface area contributed by atoms with Gasteiger partial charge in [0.25, 0.3) is 0 Å². The van der Waals surface area contributed by atoms with Crippen LogP contribution in [-0.2, 0) is 9.59 Å². The quantitative estimate of drug-likeness (QED) is 0.418. The third kappa shape index (κ3) is 2.86. The van der Waals surface area contributed by atoms with Gasteiger partial charge in [0, 0.05) is 6.42 Å². The number of aliphatic carboxylic acids is 1. The minimum atomic E-state index is -1.60. The van der Waals surface area contributed by atoms with Gasteiger partial charge in [0.15, 0.2) is 5.78 Å². The van der Waals surface area contributed by atoms with E-state index in [2.05, 4.69) is 0 Å². The average molecular weight is 143 g/mol. The molecule has 0 fully saturated rings. The first-order chi connectivity index (χ1) is 4.57. The molecule has 0 rings (SSSR count). The van der Waals surface area contributed by atoms with Crippen molar-refractivity contribution in [3.63, 3.8) is 0 Å². The number of carboxylic acid groups (broad SMARTS) is 1. The summed E-state index contributed by atoms with van der Waals surface area (Å²) < 4.78 is 0. The van der Waals surface area contributed by atoms with E-state index in [1.165, 1.54) is 0 Å². The fourth-order valence-corrected chi connectivity index (χ4v) is 0.310. The van der Waals surface area contributed by atoms with Crippen LogP contribution in [0.3, 0.4) is 0 Å². The van der Waals surface area contributed by atoms with E-state index in [0.29, 0.717) is 6.08 Å². The van der Waals surface area contributed by atoms with Crippen LogP contribution in [0.5, 0.6) is 0 Å². The van der Waals surface area contributed by atoms with Gasteiger partial charge in [-0.25, -0.2) is 4.79 Å². The van der Waals surface area contributed by atoms with Crippen molar-refractivity contribution in [3.05, 3.63) is 11.8 Å². The number of carboxylic acids is 1. The number of hydrogen-bond donors (Lipinski definition) is 1. The van der Waals surface area contributed by atoms with Gasteiger partial charge in [-0.05, 0) is 11.8 Å². The molecular weight excluding hydrogens is 136 g/mol. The van der Waals surface area contributed by atoms with Gasteiger partial charge in [0.05, 0.1) is 0 Å². The maximum atomic E-state index is 10.4. The van der Waals surface area contributed by atoms with Crippen molar-refractivity contribution in [1.82, 2.24) is 0 Å². The van der Waals surface area contributed by atoms with Crippen molar-refractivity contribution in [3.8, 4) is 0 Å². The highest BCUT2D eigenvalue weighted by Gasteiger charge is 1.95. The molecule has 0 aromatic rings. The molecule has 0 aromatic heterocycles. The first-order valence-corrected chi connectivity index (χ1v) is 2.72. The van der Waals surface area contributed by atoms with Crippen LogP contribution in [-0.4, -0.2) is 16.9 Å².